The van der Waals surface area contributed by atoms with Gasteiger partial charge in [-0.25, -0.2) is 8.42 Å². The van der Waals surface area contributed by atoms with Crippen LogP contribution < -0.4 is 0 Å². The molecule has 0 saturated carbocycles. The second kappa shape index (κ2) is 9.84. The maximum Gasteiger partial charge on any atom is 0.303 e. The molecule has 1 aromatic carbocycles. The molecule has 0 aromatic heterocycles. The quantitative estimate of drug-likeness (QED) is 0.437. The molecule has 10 heteroatoms. The molecule has 0 N–H and O–H groups in total. The van der Waals surface area contributed by atoms with E-state index >= 15 is 0 Å². The molecule has 0 aliphatic carbocycles. The van der Waals surface area contributed by atoms with E-state index in [-0.39, 0.29) is 12.4 Å². The van der Waals surface area contributed by atoms with Crippen LogP contribution in [0.2, 0.25) is 0 Å². The predicted molar refractivity (Wildman–Crippen MR) is 100 cm³/mol. The second-order valence-corrected chi connectivity index (χ2v) is 8.81. The van der Waals surface area contributed by atoms with Gasteiger partial charge in [-0.3, -0.25) is 14.4 Å². The second-order valence-electron chi connectivity index (χ2n) is 6.70. The van der Waals surface area contributed by atoms with Gasteiger partial charge in [-0.05, 0) is 5.56 Å². The maximum atomic E-state index is 12.7. The van der Waals surface area contributed by atoms with Crippen molar-refractivity contribution in [2.75, 3.05) is 12.4 Å². The van der Waals surface area contributed by atoms with Crippen LogP contribution in [0.15, 0.2) is 30.3 Å². The predicted octanol–water partition coefficient (Wildman–Crippen LogP) is 0.795. The SMILES string of the molecule is CC(=O)OC[C@H]1O[C@H](CS(=O)(=O)Cc2ccccc2)[C@@H](OC(C)=O)[C@H]1OC(C)=O. The molecule has 1 aliphatic rings. The molecule has 160 valence electrons. The van der Waals surface area contributed by atoms with Crippen molar-refractivity contribution in [3.05, 3.63) is 35.9 Å². The topological polar surface area (TPSA) is 122 Å². The van der Waals surface area contributed by atoms with Gasteiger partial charge in [0.1, 0.15) is 18.8 Å². The maximum absolute atomic E-state index is 12.7. The van der Waals surface area contributed by atoms with Crippen molar-refractivity contribution < 1.29 is 41.7 Å². The van der Waals surface area contributed by atoms with Gasteiger partial charge < -0.3 is 18.9 Å². The van der Waals surface area contributed by atoms with Crippen molar-refractivity contribution in [2.45, 2.75) is 50.9 Å². The third-order valence-electron chi connectivity index (χ3n) is 4.11. The van der Waals surface area contributed by atoms with Crippen LogP contribution in [0.3, 0.4) is 0 Å². The van der Waals surface area contributed by atoms with E-state index in [0.29, 0.717) is 5.56 Å². The van der Waals surface area contributed by atoms with Gasteiger partial charge in [0, 0.05) is 20.8 Å². The average molecular weight is 428 g/mol. The van der Waals surface area contributed by atoms with Gasteiger partial charge in [0.05, 0.1) is 11.5 Å². The molecule has 29 heavy (non-hydrogen) atoms. The van der Waals surface area contributed by atoms with E-state index in [1.165, 1.54) is 6.92 Å². The van der Waals surface area contributed by atoms with Crippen LogP contribution in [0, 0.1) is 0 Å². The van der Waals surface area contributed by atoms with Crippen molar-refractivity contribution in [1.29, 1.82) is 0 Å². The largest absolute Gasteiger partial charge is 0.463 e. The number of carbonyl (C=O) groups excluding carboxylic acids is 3. The van der Waals surface area contributed by atoms with Gasteiger partial charge in [-0.15, -0.1) is 0 Å². The minimum Gasteiger partial charge on any atom is -0.463 e. The van der Waals surface area contributed by atoms with Crippen molar-refractivity contribution in [3.8, 4) is 0 Å². The smallest absolute Gasteiger partial charge is 0.303 e. The first-order valence-corrected chi connectivity index (χ1v) is 10.8. The Bertz CT molecular complexity index is 834. The van der Waals surface area contributed by atoms with E-state index in [1.807, 2.05) is 0 Å². The highest BCUT2D eigenvalue weighted by molar-refractivity contribution is 7.90. The Hall–Kier alpha value is -2.46. The summed E-state index contributed by atoms with van der Waals surface area (Å²) in [6.07, 6.45) is -4.31. The molecule has 0 spiro atoms. The van der Waals surface area contributed by atoms with Gasteiger partial charge in [0.25, 0.3) is 0 Å². The van der Waals surface area contributed by atoms with E-state index in [2.05, 4.69) is 0 Å². The van der Waals surface area contributed by atoms with Crippen LogP contribution in [0.5, 0.6) is 0 Å². The van der Waals surface area contributed by atoms with Gasteiger partial charge in [-0.1, -0.05) is 30.3 Å². The molecule has 0 unspecified atom stereocenters. The normalized spacial score (nSPS) is 24.0. The molecule has 4 atom stereocenters. The van der Waals surface area contributed by atoms with Crippen LogP contribution in [-0.4, -0.2) is 63.1 Å². The zero-order chi connectivity index (χ0) is 21.6. The Balaban J connectivity index is 2.22. The highest BCUT2D eigenvalue weighted by Crippen LogP contribution is 2.29. The molecule has 1 aliphatic heterocycles. The molecule has 1 saturated heterocycles. The standard InChI is InChI=1S/C19H24O9S/c1-12(20)25-9-16-18(26-13(2)21)19(27-14(3)22)17(28-16)11-29(23,24)10-15-7-5-4-6-8-15/h4-8,16-19H,9-11H2,1-3H3/t16-,17-,18+,19-/m1/s1. The lowest BCUT2D eigenvalue weighted by Gasteiger charge is -2.23. The number of ether oxygens (including phenoxy) is 4. The third-order valence-corrected chi connectivity index (χ3v) is 5.72. The van der Waals surface area contributed by atoms with Gasteiger partial charge in [0.2, 0.25) is 0 Å². The van der Waals surface area contributed by atoms with E-state index in [0.717, 1.165) is 13.8 Å². The van der Waals surface area contributed by atoms with Crippen molar-refractivity contribution in [1.82, 2.24) is 0 Å². The van der Waals surface area contributed by atoms with E-state index < -0.39 is 57.9 Å². The lowest BCUT2D eigenvalue weighted by atomic mass is 10.1. The van der Waals surface area contributed by atoms with E-state index in [4.69, 9.17) is 18.9 Å². The molecule has 0 bridgehead atoms. The molecule has 1 aromatic rings. The first-order chi connectivity index (χ1) is 13.6. The molecule has 2 rings (SSSR count). The van der Waals surface area contributed by atoms with Gasteiger partial charge in [-0.2, -0.15) is 0 Å². The number of benzene rings is 1. The van der Waals surface area contributed by atoms with Crippen molar-refractivity contribution in [3.63, 3.8) is 0 Å². The zero-order valence-electron chi connectivity index (χ0n) is 16.4. The molecule has 1 fully saturated rings. The summed E-state index contributed by atoms with van der Waals surface area (Å²) in [6, 6.07) is 8.59. The molecular weight excluding hydrogens is 404 g/mol. The first-order valence-electron chi connectivity index (χ1n) is 8.95. The minimum absolute atomic E-state index is 0.229. The Kier molecular flexibility index (Phi) is 7.74. The summed E-state index contributed by atoms with van der Waals surface area (Å²) in [5, 5.41) is 0. The van der Waals surface area contributed by atoms with Gasteiger partial charge in [0.15, 0.2) is 22.0 Å². The molecule has 9 nitrogen and oxygen atoms in total. The number of sulfone groups is 1. The Morgan fingerprint density at radius 3 is 1.97 bits per heavy atom. The van der Waals surface area contributed by atoms with Crippen LogP contribution in [0.1, 0.15) is 26.3 Å². The Labute approximate surface area is 169 Å². The lowest BCUT2D eigenvalue weighted by Crippen LogP contribution is -2.42. The Morgan fingerprint density at radius 1 is 0.897 bits per heavy atom. The highest BCUT2D eigenvalue weighted by Gasteiger charge is 2.50. The zero-order valence-corrected chi connectivity index (χ0v) is 17.2. The van der Waals surface area contributed by atoms with Crippen LogP contribution in [0.4, 0.5) is 0 Å². The summed E-state index contributed by atoms with van der Waals surface area (Å²) in [5.74, 6) is -2.63. The fourth-order valence-corrected chi connectivity index (χ4v) is 4.66. The molecule has 0 amide bonds. The summed E-state index contributed by atoms with van der Waals surface area (Å²) < 4.78 is 46.4. The minimum atomic E-state index is -3.66. The summed E-state index contributed by atoms with van der Waals surface area (Å²) in [4.78, 5) is 34.2. The molecular formula is C19H24O9S. The van der Waals surface area contributed by atoms with Gasteiger partial charge >= 0.3 is 17.9 Å². The summed E-state index contributed by atoms with van der Waals surface area (Å²) >= 11 is 0. The number of carbonyl (C=O) groups is 3. The third kappa shape index (κ3) is 7.13. The fraction of sp³-hybridized carbons (Fsp3) is 0.526. The lowest BCUT2D eigenvalue weighted by molar-refractivity contribution is -0.165. The first kappa shape index (κ1) is 22.8. The number of esters is 3. The molecule has 1 heterocycles. The van der Waals surface area contributed by atoms with Crippen molar-refractivity contribution in [2.24, 2.45) is 0 Å². The van der Waals surface area contributed by atoms with Crippen LogP contribution in [-0.2, 0) is 48.9 Å². The van der Waals surface area contributed by atoms with E-state index in [1.54, 1.807) is 30.3 Å². The highest BCUT2D eigenvalue weighted by atomic mass is 32.2. The van der Waals surface area contributed by atoms with Crippen LogP contribution >= 0.6 is 0 Å². The summed E-state index contributed by atoms with van der Waals surface area (Å²) in [5.41, 5.74) is 0.600. The van der Waals surface area contributed by atoms with Crippen LogP contribution in [0.25, 0.3) is 0 Å². The monoisotopic (exact) mass is 428 g/mol. The van der Waals surface area contributed by atoms with E-state index in [9.17, 15) is 22.8 Å². The number of hydrogen-bond donors (Lipinski definition) is 0. The number of hydrogen-bond acceptors (Lipinski definition) is 9. The molecule has 0 radical (unpaired) electrons. The Morgan fingerprint density at radius 2 is 1.45 bits per heavy atom. The summed E-state index contributed by atoms with van der Waals surface area (Å²) in [7, 11) is -3.66. The fourth-order valence-electron chi connectivity index (χ4n) is 3.08. The number of rotatable bonds is 8. The summed E-state index contributed by atoms with van der Waals surface area (Å²) in [6.45, 7) is 3.23. The average Bonchev–Trinajstić information content (AvgIpc) is 2.88. The van der Waals surface area contributed by atoms with Crippen molar-refractivity contribution >= 4 is 27.7 Å².